The lowest BCUT2D eigenvalue weighted by molar-refractivity contribution is -0.172. The van der Waals surface area contributed by atoms with Crippen molar-refractivity contribution in [3.05, 3.63) is 59.6 Å². The Hall–Kier alpha value is -3.14. The highest BCUT2D eigenvalue weighted by molar-refractivity contribution is 6.32. The smallest absolute Gasteiger partial charge is 0.244 e. The van der Waals surface area contributed by atoms with Crippen LogP contribution in [0.3, 0.4) is 0 Å². The van der Waals surface area contributed by atoms with Crippen LogP contribution in [0.5, 0.6) is 5.75 Å². The maximum Gasteiger partial charge on any atom is 0.244 e. The van der Waals surface area contributed by atoms with Gasteiger partial charge in [-0.2, -0.15) is 0 Å². The molecule has 0 fully saturated rings. The van der Waals surface area contributed by atoms with Crippen LogP contribution < -0.4 is 20.4 Å². The van der Waals surface area contributed by atoms with Crippen molar-refractivity contribution in [2.75, 3.05) is 31.3 Å². The second-order valence-electron chi connectivity index (χ2n) is 8.56. The molecule has 0 aromatic heterocycles. The molecule has 0 heterocycles. The molecule has 0 saturated carbocycles. The molecule has 9 nitrogen and oxygen atoms in total. The molecule has 0 saturated heterocycles. The number of ether oxygens (including phenoxy) is 1. The number of nitrogens with zero attached hydrogens (tertiary/aromatic N) is 2. The van der Waals surface area contributed by atoms with Crippen molar-refractivity contribution in [3.63, 3.8) is 0 Å². The number of hydrazine groups is 1. The lowest BCUT2D eigenvalue weighted by Gasteiger charge is -2.45. The van der Waals surface area contributed by atoms with E-state index in [2.05, 4.69) is 10.6 Å². The lowest BCUT2D eigenvalue weighted by Crippen LogP contribution is -2.67. The Labute approximate surface area is 223 Å². The van der Waals surface area contributed by atoms with Crippen LogP contribution in [-0.4, -0.2) is 59.8 Å². The molecular formula is C27H37ClN4O5. The fourth-order valence-electron chi connectivity index (χ4n) is 3.69. The monoisotopic (exact) mass is 532 g/mol. The number of carbonyl (C=O) groups excluding carboxylic acids is 3. The zero-order chi connectivity index (χ0) is 27.3. The molecule has 0 spiro atoms. The van der Waals surface area contributed by atoms with Crippen molar-refractivity contribution in [2.45, 2.75) is 52.2 Å². The fraction of sp³-hybridized carbons (Fsp3) is 0.444. The molecule has 1 atom stereocenters. The lowest BCUT2D eigenvalue weighted by atomic mass is 10.1. The van der Waals surface area contributed by atoms with Crippen molar-refractivity contribution in [1.82, 2.24) is 15.6 Å². The second kappa shape index (κ2) is 15.2. The summed E-state index contributed by atoms with van der Waals surface area (Å²) in [5, 5.41) is 20.3. The number of rotatable bonds is 14. The summed E-state index contributed by atoms with van der Waals surface area (Å²) in [7, 11) is 0. The average Bonchev–Trinajstić information content (AvgIpc) is 2.88. The summed E-state index contributed by atoms with van der Waals surface area (Å²) in [6.45, 7) is 5.46. The Balaban J connectivity index is 2.40. The molecular weight excluding hydrogens is 496 g/mol. The van der Waals surface area contributed by atoms with Gasteiger partial charge in [-0.25, -0.2) is 10.0 Å². The minimum absolute atomic E-state index is 0.0243. The maximum absolute atomic E-state index is 13.7. The van der Waals surface area contributed by atoms with Gasteiger partial charge in [0.1, 0.15) is 12.4 Å². The first kappa shape index (κ1) is 30.1. The quantitative estimate of drug-likeness (QED) is 0.195. The van der Waals surface area contributed by atoms with Crippen LogP contribution >= 0.6 is 11.6 Å². The molecule has 0 aliphatic rings. The van der Waals surface area contributed by atoms with Gasteiger partial charge in [0, 0.05) is 32.9 Å². The molecule has 0 radical (unpaired) electrons. The summed E-state index contributed by atoms with van der Waals surface area (Å²) < 4.78 is 5.87. The molecule has 37 heavy (non-hydrogen) atoms. The van der Waals surface area contributed by atoms with Gasteiger partial charge in [0.25, 0.3) is 0 Å². The predicted molar refractivity (Wildman–Crippen MR) is 144 cm³/mol. The summed E-state index contributed by atoms with van der Waals surface area (Å²) in [6.07, 6.45) is 1.44. The van der Waals surface area contributed by atoms with Crippen LogP contribution in [0.4, 0.5) is 5.69 Å². The van der Waals surface area contributed by atoms with Gasteiger partial charge in [-0.3, -0.25) is 14.4 Å². The van der Waals surface area contributed by atoms with E-state index in [0.29, 0.717) is 42.4 Å². The predicted octanol–water partition coefficient (Wildman–Crippen LogP) is 3.51. The largest absolute Gasteiger partial charge is 0.487 e. The van der Waals surface area contributed by atoms with E-state index >= 15 is 0 Å². The highest BCUT2D eigenvalue weighted by Gasteiger charge is 2.44. The number of carbonyl (C=O) groups is 3. The van der Waals surface area contributed by atoms with Gasteiger partial charge in [0.15, 0.2) is 0 Å². The van der Waals surface area contributed by atoms with E-state index in [1.807, 2.05) is 13.8 Å². The van der Waals surface area contributed by atoms with Crippen LogP contribution in [0, 0.1) is 0 Å². The number of hydrogen-bond acceptors (Lipinski definition) is 6. The first-order chi connectivity index (χ1) is 17.7. The number of aliphatic hydroxyl groups is 1. The van der Waals surface area contributed by atoms with Crippen LogP contribution in [0.2, 0.25) is 5.02 Å². The first-order valence-electron chi connectivity index (χ1n) is 12.5. The molecule has 10 heteroatoms. The zero-order valence-corrected chi connectivity index (χ0v) is 22.5. The minimum atomic E-state index is -1.96. The van der Waals surface area contributed by atoms with Crippen molar-refractivity contribution >= 4 is 35.0 Å². The normalized spacial score (nSPS) is 12.4. The van der Waals surface area contributed by atoms with Gasteiger partial charge in [-0.05, 0) is 43.7 Å². The average molecular weight is 533 g/mol. The van der Waals surface area contributed by atoms with Gasteiger partial charge in [-0.1, -0.05) is 55.8 Å². The third kappa shape index (κ3) is 9.03. The molecule has 2 aromatic carbocycles. The third-order valence-corrected chi connectivity index (χ3v) is 5.76. The Morgan fingerprint density at radius 2 is 1.70 bits per heavy atom. The summed E-state index contributed by atoms with van der Waals surface area (Å²) in [4.78, 5) is 38.4. The second-order valence-corrected chi connectivity index (χ2v) is 8.96. The third-order valence-electron chi connectivity index (χ3n) is 5.45. The molecule has 1 unspecified atom stereocenters. The van der Waals surface area contributed by atoms with Crippen molar-refractivity contribution in [3.8, 4) is 5.75 Å². The molecule has 3 N–H and O–H groups in total. The Kier molecular flexibility index (Phi) is 12.4. The Morgan fingerprint density at radius 3 is 2.32 bits per heavy atom. The van der Waals surface area contributed by atoms with E-state index in [1.54, 1.807) is 54.6 Å². The number of anilines is 1. The highest BCUT2D eigenvalue weighted by atomic mass is 35.5. The van der Waals surface area contributed by atoms with Crippen LogP contribution in [0.1, 0.15) is 46.5 Å². The van der Waals surface area contributed by atoms with Crippen LogP contribution in [0.25, 0.3) is 0 Å². The van der Waals surface area contributed by atoms with Crippen molar-refractivity contribution in [2.24, 2.45) is 0 Å². The van der Waals surface area contributed by atoms with Crippen molar-refractivity contribution < 1.29 is 24.2 Å². The number of nitrogens with one attached hydrogen (secondary N) is 2. The molecule has 0 aliphatic carbocycles. The number of hydrogen-bond donors (Lipinski definition) is 3. The number of likely N-dealkylation sites (N-methyl/N-ethyl adjacent to an activating group) is 1. The number of amides is 3. The molecule has 0 aliphatic heterocycles. The van der Waals surface area contributed by atoms with Gasteiger partial charge < -0.3 is 20.5 Å². The summed E-state index contributed by atoms with van der Waals surface area (Å²) >= 11 is 6.24. The standard InChI is InChI=1S/C27H37ClN4O5/c1-4-12-25(34)30-18-11-17-26(35)32(31(21(3)33)22-13-7-6-8-14-22)27(36,19-29-5-2)20-37-24-16-10-9-15-23(24)28/h6-10,13-16,29,36H,4-5,11-12,17-20H2,1-3H3,(H,30,34). The maximum atomic E-state index is 13.7. The van der Waals surface area contributed by atoms with Gasteiger partial charge in [-0.15, -0.1) is 0 Å². The summed E-state index contributed by atoms with van der Waals surface area (Å²) in [5.41, 5.74) is -1.55. The van der Waals surface area contributed by atoms with Gasteiger partial charge in [0.2, 0.25) is 23.4 Å². The molecule has 0 bridgehead atoms. The van der Waals surface area contributed by atoms with Gasteiger partial charge >= 0.3 is 0 Å². The van der Waals surface area contributed by atoms with E-state index < -0.39 is 17.5 Å². The summed E-state index contributed by atoms with van der Waals surface area (Å²) in [5.74, 6) is -0.729. The molecule has 2 aromatic rings. The zero-order valence-electron chi connectivity index (χ0n) is 21.7. The van der Waals surface area contributed by atoms with E-state index in [-0.39, 0.29) is 25.5 Å². The molecule has 202 valence electrons. The van der Waals surface area contributed by atoms with E-state index in [4.69, 9.17) is 16.3 Å². The van der Waals surface area contributed by atoms with E-state index in [9.17, 15) is 19.5 Å². The SMILES string of the molecule is CCCC(=O)NCCCC(=O)N(N(C(C)=O)c1ccccc1)C(O)(CNCC)COc1ccccc1Cl. The fourth-order valence-corrected chi connectivity index (χ4v) is 3.88. The van der Waals surface area contributed by atoms with Crippen LogP contribution in [-0.2, 0) is 14.4 Å². The van der Waals surface area contributed by atoms with E-state index in [1.165, 1.54) is 6.92 Å². The Morgan fingerprint density at radius 1 is 1.03 bits per heavy atom. The number of benzene rings is 2. The summed E-state index contributed by atoms with van der Waals surface area (Å²) in [6, 6.07) is 15.4. The Bertz CT molecular complexity index is 1020. The molecule has 3 amide bonds. The van der Waals surface area contributed by atoms with Crippen LogP contribution in [0.15, 0.2) is 54.6 Å². The van der Waals surface area contributed by atoms with Gasteiger partial charge in [0.05, 0.1) is 10.7 Å². The number of para-hydroxylation sites is 2. The number of halogens is 1. The minimum Gasteiger partial charge on any atom is -0.487 e. The topological polar surface area (TPSA) is 111 Å². The molecule has 2 rings (SSSR count). The van der Waals surface area contributed by atoms with E-state index in [0.717, 1.165) is 16.4 Å². The highest BCUT2D eigenvalue weighted by Crippen LogP contribution is 2.28. The van der Waals surface area contributed by atoms with Crippen molar-refractivity contribution in [1.29, 1.82) is 0 Å². The first-order valence-corrected chi connectivity index (χ1v) is 12.9.